The van der Waals surface area contributed by atoms with Crippen molar-refractivity contribution < 1.29 is 29.0 Å². The van der Waals surface area contributed by atoms with Gasteiger partial charge in [-0.15, -0.1) is 0 Å². The fourth-order valence-corrected chi connectivity index (χ4v) is 6.37. The summed E-state index contributed by atoms with van der Waals surface area (Å²) in [6.07, 6.45) is 1.07. The Kier molecular flexibility index (Phi) is 9.31. The van der Waals surface area contributed by atoms with E-state index < -0.39 is 34.7 Å². The molecule has 1 aliphatic heterocycles. The number of ether oxygens (including phenoxy) is 1. The number of carbonyl (C=O) groups excluding carboxylic acids is 3. The van der Waals surface area contributed by atoms with E-state index in [4.69, 9.17) is 27.9 Å². The van der Waals surface area contributed by atoms with Gasteiger partial charge in [0.1, 0.15) is 6.04 Å². The molecule has 3 atom stereocenters. The average Bonchev–Trinajstić information content (AvgIpc) is 3.18. The molecule has 11 heteroatoms. The Morgan fingerprint density at radius 3 is 2.22 bits per heavy atom. The van der Waals surface area contributed by atoms with Crippen LogP contribution in [0.1, 0.15) is 49.5 Å². The molecule has 0 radical (unpaired) electrons. The number of aliphatic carboxylic acids is 1. The van der Waals surface area contributed by atoms with Crippen molar-refractivity contribution >= 4 is 52.6 Å². The van der Waals surface area contributed by atoms with Gasteiger partial charge < -0.3 is 25.4 Å². The van der Waals surface area contributed by atoms with Gasteiger partial charge in [-0.25, -0.2) is 4.79 Å². The van der Waals surface area contributed by atoms with Crippen molar-refractivity contribution in [3.8, 4) is 0 Å². The van der Waals surface area contributed by atoms with Gasteiger partial charge in [-0.1, -0.05) is 62.2 Å². The number of nitrogens with zero attached hydrogens (tertiary/aromatic N) is 1. The van der Waals surface area contributed by atoms with Crippen molar-refractivity contribution in [3.63, 3.8) is 0 Å². The van der Waals surface area contributed by atoms with E-state index in [0.29, 0.717) is 50.4 Å². The van der Waals surface area contributed by atoms with Gasteiger partial charge >= 0.3 is 5.97 Å². The third kappa shape index (κ3) is 6.37. The fraction of sp³-hybridized carbons (Fsp3) is 0.467. The maximum Gasteiger partial charge on any atom is 0.326 e. The van der Waals surface area contributed by atoms with Crippen LogP contribution in [0.5, 0.6) is 0 Å². The van der Waals surface area contributed by atoms with Gasteiger partial charge in [0.25, 0.3) is 5.91 Å². The van der Waals surface area contributed by atoms with Crippen LogP contribution >= 0.6 is 23.2 Å². The quantitative estimate of drug-likeness (QED) is 0.403. The first-order valence-corrected chi connectivity index (χ1v) is 14.4. The second kappa shape index (κ2) is 12.4. The number of rotatable bonds is 8. The van der Waals surface area contributed by atoms with Gasteiger partial charge in [-0.3, -0.25) is 14.4 Å². The summed E-state index contributed by atoms with van der Waals surface area (Å²) in [5, 5.41) is 15.8. The normalized spacial score (nSPS) is 22.6. The molecule has 0 aromatic heterocycles. The van der Waals surface area contributed by atoms with Crippen molar-refractivity contribution in [1.82, 2.24) is 10.2 Å². The molecule has 2 aromatic carbocycles. The fourth-order valence-electron chi connectivity index (χ4n) is 5.80. The Labute approximate surface area is 249 Å². The second-order valence-electron chi connectivity index (χ2n) is 11.4. The number of anilines is 1. The van der Waals surface area contributed by atoms with Crippen LogP contribution < -0.4 is 10.6 Å². The predicted molar refractivity (Wildman–Crippen MR) is 156 cm³/mol. The standard InChI is InChI=1S/C30H35Cl2N3O6/c1-29(2)20(11-12-30(29,3)28(40)35-13-15-41-16-14-35)25(36)34-23(27(38)39)17-18-7-9-19(10-8-18)33-26(37)24-21(31)5-4-6-22(24)32/h4-10,20,23H,11-17H2,1-3H3,(H,33,37)(H,34,36)(H,38,39)/t20-,23+,30+/m1/s1. The van der Waals surface area contributed by atoms with Gasteiger partial charge in [0.05, 0.1) is 34.2 Å². The molecule has 3 amide bonds. The number of nitrogens with one attached hydrogen (secondary N) is 2. The number of hydrogen-bond acceptors (Lipinski definition) is 5. The van der Waals surface area contributed by atoms with Gasteiger partial charge in [0.15, 0.2) is 0 Å². The average molecular weight is 605 g/mol. The molecule has 41 heavy (non-hydrogen) atoms. The summed E-state index contributed by atoms with van der Waals surface area (Å²) in [5.41, 5.74) is -0.141. The van der Waals surface area contributed by atoms with E-state index in [1.165, 1.54) is 0 Å². The number of morpholine rings is 1. The number of carboxylic acids is 1. The number of hydrogen-bond donors (Lipinski definition) is 3. The van der Waals surface area contributed by atoms with Gasteiger partial charge in [-0.05, 0) is 48.1 Å². The first kappa shape index (κ1) is 30.8. The Morgan fingerprint density at radius 2 is 1.63 bits per heavy atom. The van der Waals surface area contributed by atoms with Crippen LogP contribution in [0.15, 0.2) is 42.5 Å². The molecule has 0 unspecified atom stereocenters. The van der Waals surface area contributed by atoms with Gasteiger partial charge in [0, 0.05) is 31.1 Å². The Balaban J connectivity index is 1.40. The summed E-state index contributed by atoms with van der Waals surface area (Å²) in [7, 11) is 0. The second-order valence-corrected chi connectivity index (χ2v) is 12.2. The molecule has 9 nitrogen and oxygen atoms in total. The lowest BCUT2D eigenvalue weighted by atomic mass is 9.64. The third-order valence-corrected chi connectivity index (χ3v) is 9.40. The smallest absolute Gasteiger partial charge is 0.326 e. The topological polar surface area (TPSA) is 125 Å². The SMILES string of the molecule is CC1(C)[C@@H](C(=O)N[C@@H](Cc2ccc(NC(=O)c3c(Cl)cccc3Cl)cc2)C(=O)O)CC[C@@]1(C)C(=O)N1CCOCC1. The Morgan fingerprint density at radius 1 is 1.02 bits per heavy atom. The maximum atomic E-state index is 13.5. The van der Waals surface area contributed by atoms with Crippen LogP contribution in [0, 0.1) is 16.7 Å². The largest absolute Gasteiger partial charge is 0.480 e. The van der Waals surface area contributed by atoms with Crippen LogP contribution in [-0.2, 0) is 25.5 Å². The molecule has 3 N–H and O–H groups in total. The lowest BCUT2D eigenvalue weighted by Crippen LogP contribution is -2.54. The van der Waals surface area contributed by atoms with Crippen molar-refractivity contribution in [1.29, 1.82) is 0 Å². The predicted octanol–water partition coefficient (Wildman–Crippen LogP) is 4.66. The number of amides is 3. The molecule has 2 aliphatic rings. The number of carboxylic acid groups (broad SMARTS) is 1. The highest BCUT2D eigenvalue weighted by Crippen LogP contribution is 2.57. The summed E-state index contributed by atoms with van der Waals surface area (Å²) >= 11 is 12.2. The van der Waals surface area contributed by atoms with E-state index >= 15 is 0 Å². The first-order chi connectivity index (χ1) is 19.3. The first-order valence-electron chi connectivity index (χ1n) is 13.6. The molecule has 220 valence electrons. The molecule has 1 aliphatic carbocycles. The number of benzene rings is 2. The lowest BCUT2D eigenvalue weighted by Gasteiger charge is -2.43. The van der Waals surface area contributed by atoms with E-state index in [-0.39, 0.29) is 33.8 Å². The van der Waals surface area contributed by atoms with Crippen LogP contribution in [0.25, 0.3) is 0 Å². The zero-order valence-electron chi connectivity index (χ0n) is 23.3. The van der Waals surface area contributed by atoms with E-state index in [2.05, 4.69) is 10.6 Å². The van der Waals surface area contributed by atoms with Gasteiger partial charge in [0.2, 0.25) is 11.8 Å². The Bertz CT molecular complexity index is 1310. The highest BCUT2D eigenvalue weighted by atomic mass is 35.5. The van der Waals surface area contributed by atoms with Crippen molar-refractivity contribution in [2.75, 3.05) is 31.6 Å². The summed E-state index contributed by atoms with van der Waals surface area (Å²) in [5.74, 6) is -2.51. The zero-order chi connectivity index (χ0) is 29.9. The maximum absolute atomic E-state index is 13.5. The molecule has 1 saturated heterocycles. The zero-order valence-corrected chi connectivity index (χ0v) is 24.8. The van der Waals surface area contributed by atoms with Crippen molar-refractivity contribution in [2.45, 2.75) is 46.1 Å². The van der Waals surface area contributed by atoms with E-state index in [9.17, 15) is 24.3 Å². The lowest BCUT2D eigenvalue weighted by molar-refractivity contribution is -0.153. The highest BCUT2D eigenvalue weighted by Gasteiger charge is 2.59. The number of halogens is 2. The summed E-state index contributed by atoms with van der Waals surface area (Å²) in [6, 6.07) is 10.3. The van der Waals surface area contributed by atoms with Crippen LogP contribution in [-0.4, -0.2) is 66.0 Å². The van der Waals surface area contributed by atoms with Crippen molar-refractivity contribution in [2.24, 2.45) is 16.7 Å². The molecule has 1 heterocycles. The minimum Gasteiger partial charge on any atom is -0.480 e. The van der Waals surface area contributed by atoms with E-state index in [1.807, 2.05) is 20.8 Å². The Hall–Kier alpha value is -3.14. The molecule has 0 bridgehead atoms. The van der Waals surface area contributed by atoms with Crippen LogP contribution in [0.4, 0.5) is 5.69 Å². The summed E-state index contributed by atoms with van der Waals surface area (Å²) < 4.78 is 5.38. The molecule has 4 rings (SSSR count). The van der Waals surface area contributed by atoms with Gasteiger partial charge in [-0.2, -0.15) is 0 Å². The summed E-state index contributed by atoms with van der Waals surface area (Å²) in [6.45, 7) is 7.79. The third-order valence-electron chi connectivity index (χ3n) is 8.77. The number of carbonyl (C=O) groups is 4. The molecule has 2 aromatic rings. The minimum atomic E-state index is -1.16. The highest BCUT2D eigenvalue weighted by molar-refractivity contribution is 6.40. The van der Waals surface area contributed by atoms with Crippen LogP contribution in [0.3, 0.4) is 0 Å². The van der Waals surface area contributed by atoms with Crippen LogP contribution in [0.2, 0.25) is 10.0 Å². The molecule has 2 fully saturated rings. The molecular formula is C30H35Cl2N3O6. The monoisotopic (exact) mass is 603 g/mol. The molecule has 1 saturated carbocycles. The summed E-state index contributed by atoms with van der Waals surface area (Å²) in [4.78, 5) is 53.5. The molecular weight excluding hydrogens is 569 g/mol. The van der Waals surface area contributed by atoms with Crippen molar-refractivity contribution in [3.05, 3.63) is 63.6 Å². The molecule has 0 spiro atoms. The minimum absolute atomic E-state index is 0.0138. The van der Waals surface area contributed by atoms with E-state index in [0.717, 1.165) is 0 Å². The van der Waals surface area contributed by atoms with E-state index in [1.54, 1.807) is 47.4 Å².